The predicted molar refractivity (Wildman–Crippen MR) is 42.2 cm³/mol. The van der Waals surface area contributed by atoms with Crippen molar-refractivity contribution in [3.63, 3.8) is 0 Å². The van der Waals surface area contributed by atoms with Crippen LogP contribution in [0.25, 0.3) is 0 Å². The number of rotatable bonds is 3. The lowest BCUT2D eigenvalue weighted by atomic mass is 10.6. The Labute approximate surface area is 63.7 Å². The van der Waals surface area contributed by atoms with Crippen molar-refractivity contribution >= 4 is 46.7 Å². The van der Waals surface area contributed by atoms with Gasteiger partial charge in [-0.25, -0.2) is 0 Å². The van der Waals surface area contributed by atoms with E-state index in [-0.39, 0.29) is 4.29 Å². The maximum atomic E-state index is 5.52. The van der Waals surface area contributed by atoms with Crippen LogP contribution in [-0.2, 0) is 0 Å². The van der Waals surface area contributed by atoms with Gasteiger partial charge in [0, 0.05) is 0 Å². The zero-order valence-corrected chi connectivity index (χ0v) is 7.72. The molecule has 2 unspecified atom stereocenters. The van der Waals surface area contributed by atoms with Crippen LogP contribution in [0, 0.1) is 0 Å². The van der Waals surface area contributed by atoms with Crippen LogP contribution < -0.4 is 0 Å². The molecule has 0 aliphatic rings. The minimum absolute atomic E-state index is 0.110. The molecule has 0 fully saturated rings. The quantitative estimate of drug-likeness (QED) is 0.510. The zero-order valence-electron chi connectivity index (χ0n) is 3.63. The SMILES string of the molecule is ClPCCC(Cl)Br. The monoisotopic (exact) mass is 222 g/mol. The highest BCUT2D eigenvalue weighted by Crippen LogP contribution is 2.21. The summed E-state index contributed by atoms with van der Waals surface area (Å²) >= 11 is 14.1. The lowest BCUT2D eigenvalue weighted by molar-refractivity contribution is 1.08. The highest BCUT2D eigenvalue weighted by atomic mass is 79.9. The fraction of sp³-hybridized carbons (Fsp3) is 1.00. The van der Waals surface area contributed by atoms with Crippen molar-refractivity contribution < 1.29 is 0 Å². The third kappa shape index (κ3) is 7.49. The summed E-state index contributed by atoms with van der Waals surface area (Å²) in [5, 5.41) is 0. The summed E-state index contributed by atoms with van der Waals surface area (Å²) in [5.41, 5.74) is 0. The molecule has 0 aliphatic heterocycles. The van der Waals surface area contributed by atoms with Crippen molar-refractivity contribution in [2.24, 2.45) is 0 Å². The second-order valence-corrected chi connectivity index (χ2v) is 4.79. The fourth-order valence-electron chi connectivity index (χ4n) is 0.164. The largest absolute Gasteiger partial charge is 0.110 e. The van der Waals surface area contributed by atoms with E-state index in [1.54, 1.807) is 0 Å². The average molecular weight is 224 g/mol. The molecule has 0 bridgehead atoms. The Morgan fingerprint density at radius 3 is 2.43 bits per heavy atom. The summed E-state index contributed by atoms with van der Waals surface area (Å²) in [6, 6.07) is 0. The van der Waals surface area contributed by atoms with Gasteiger partial charge >= 0.3 is 0 Å². The molecule has 0 saturated carbocycles. The maximum Gasteiger partial charge on any atom is 0.0889 e. The second kappa shape index (κ2) is 5.62. The van der Waals surface area contributed by atoms with Crippen molar-refractivity contribution in [3.8, 4) is 0 Å². The van der Waals surface area contributed by atoms with Crippen molar-refractivity contribution in [2.45, 2.75) is 10.7 Å². The van der Waals surface area contributed by atoms with Crippen molar-refractivity contribution in [1.82, 2.24) is 0 Å². The molecule has 2 atom stereocenters. The molecule has 0 heterocycles. The van der Waals surface area contributed by atoms with Crippen LogP contribution in [0.15, 0.2) is 0 Å². The van der Waals surface area contributed by atoms with Gasteiger partial charge in [-0.05, 0) is 20.5 Å². The van der Waals surface area contributed by atoms with Crippen LogP contribution in [0.3, 0.4) is 0 Å². The van der Waals surface area contributed by atoms with Crippen LogP contribution in [0.4, 0.5) is 0 Å². The predicted octanol–water partition coefficient (Wildman–Crippen LogP) is 3.17. The van der Waals surface area contributed by atoms with E-state index in [9.17, 15) is 0 Å². The molecule has 7 heavy (non-hydrogen) atoms. The molecular weight excluding hydrogens is 218 g/mol. The topological polar surface area (TPSA) is 0 Å². The van der Waals surface area contributed by atoms with Gasteiger partial charge in [-0.3, -0.25) is 0 Å². The lowest BCUT2D eigenvalue weighted by Crippen LogP contribution is -1.84. The number of hydrogen-bond acceptors (Lipinski definition) is 0. The summed E-state index contributed by atoms with van der Waals surface area (Å²) < 4.78 is 0.110. The van der Waals surface area contributed by atoms with E-state index in [0.29, 0.717) is 7.93 Å². The normalized spacial score (nSPS) is 15.9. The Kier molecular flexibility index (Phi) is 6.82. The summed E-state index contributed by atoms with van der Waals surface area (Å²) in [6.07, 6.45) is 1.98. The molecule has 0 aromatic rings. The minimum atomic E-state index is 0.110. The Hall–Kier alpha value is 1.49. The van der Waals surface area contributed by atoms with Crippen LogP contribution in [0.1, 0.15) is 6.42 Å². The zero-order chi connectivity index (χ0) is 5.70. The molecule has 0 saturated heterocycles. The highest BCUT2D eigenvalue weighted by Gasteiger charge is 1.94. The van der Waals surface area contributed by atoms with Gasteiger partial charge in [0.15, 0.2) is 0 Å². The first-order chi connectivity index (χ1) is 3.27. The van der Waals surface area contributed by atoms with Crippen LogP contribution in [0.2, 0.25) is 0 Å². The molecule has 0 aromatic heterocycles. The van der Waals surface area contributed by atoms with E-state index >= 15 is 0 Å². The van der Waals surface area contributed by atoms with Crippen LogP contribution in [-0.4, -0.2) is 10.4 Å². The summed E-state index contributed by atoms with van der Waals surface area (Å²) in [7, 11) is 0.508. The van der Waals surface area contributed by atoms with Gasteiger partial charge in [-0.1, -0.05) is 15.9 Å². The molecule has 0 spiro atoms. The van der Waals surface area contributed by atoms with Gasteiger partial charge in [0.25, 0.3) is 0 Å². The Balaban J connectivity index is 2.68. The molecule has 0 radical (unpaired) electrons. The lowest BCUT2D eigenvalue weighted by Gasteiger charge is -1.93. The first kappa shape index (κ1) is 8.49. The van der Waals surface area contributed by atoms with Gasteiger partial charge in [-0.15, -0.1) is 22.8 Å². The van der Waals surface area contributed by atoms with Crippen molar-refractivity contribution in [3.05, 3.63) is 0 Å². The number of halogens is 3. The van der Waals surface area contributed by atoms with Crippen LogP contribution in [0.5, 0.6) is 0 Å². The second-order valence-electron chi connectivity index (χ2n) is 1.06. The summed E-state index contributed by atoms with van der Waals surface area (Å²) in [5.74, 6) is 0. The first-order valence-corrected chi connectivity index (χ1v) is 5.46. The summed E-state index contributed by atoms with van der Waals surface area (Å²) in [6.45, 7) is 0. The Bertz CT molecular complexity index is 41.9. The number of hydrogen-bond donors (Lipinski definition) is 0. The first-order valence-electron chi connectivity index (χ1n) is 1.89. The van der Waals surface area contributed by atoms with E-state index in [2.05, 4.69) is 15.9 Å². The smallest absolute Gasteiger partial charge is 0.0889 e. The Morgan fingerprint density at radius 2 is 2.29 bits per heavy atom. The van der Waals surface area contributed by atoms with E-state index in [1.165, 1.54) is 0 Å². The average Bonchev–Trinajstić information content (AvgIpc) is 1.61. The van der Waals surface area contributed by atoms with E-state index in [4.69, 9.17) is 22.8 Å². The molecule has 4 heteroatoms. The van der Waals surface area contributed by atoms with Gasteiger partial charge in [0.2, 0.25) is 0 Å². The molecule has 0 rings (SSSR count). The maximum absolute atomic E-state index is 5.52. The van der Waals surface area contributed by atoms with E-state index in [1.807, 2.05) is 0 Å². The fourth-order valence-corrected chi connectivity index (χ4v) is 1.83. The third-order valence-corrected chi connectivity index (χ3v) is 2.18. The van der Waals surface area contributed by atoms with E-state index < -0.39 is 0 Å². The van der Waals surface area contributed by atoms with Gasteiger partial charge in [0.05, 0.1) is 4.29 Å². The molecule has 0 aliphatic carbocycles. The molecular formula is C3H6BrCl2P. The molecule has 0 amide bonds. The Morgan fingerprint density at radius 1 is 1.71 bits per heavy atom. The van der Waals surface area contributed by atoms with Gasteiger partial charge in [-0.2, -0.15) is 0 Å². The van der Waals surface area contributed by atoms with E-state index in [0.717, 1.165) is 12.6 Å². The van der Waals surface area contributed by atoms with Gasteiger partial charge < -0.3 is 0 Å². The molecule has 0 N–H and O–H groups in total. The molecule has 0 aromatic carbocycles. The summed E-state index contributed by atoms with van der Waals surface area (Å²) in [4.78, 5) is 0. The molecule has 44 valence electrons. The van der Waals surface area contributed by atoms with Crippen molar-refractivity contribution in [1.29, 1.82) is 0 Å². The van der Waals surface area contributed by atoms with Crippen molar-refractivity contribution in [2.75, 3.05) is 6.16 Å². The van der Waals surface area contributed by atoms with Crippen LogP contribution >= 0.6 is 46.7 Å². The molecule has 0 nitrogen and oxygen atoms in total. The highest BCUT2D eigenvalue weighted by molar-refractivity contribution is 9.10. The standard InChI is InChI=1S/C3H6BrCl2P/c4-3(5)1-2-7-6/h3,7H,1-2H2. The number of alkyl halides is 2. The third-order valence-electron chi connectivity index (χ3n) is 0.457. The van der Waals surface area contributed by atoms with Gasteiger partial charge in [0.1, 0.15) is 0 Å². The minimum Gasteiger partial charge on any atom is -0.110 e.